The molecule has 6 aliphatic carbocycles. The zero-order valence-electron chi connectivity index (χ0n) is 59.3. The SMILES string of the molecule is C.C/C=C(\C)[C@@H]1C=C[C@@H]2C[C@H](C)C[C@H](C)[C@H]2[C@@H]1/C(O)=C1/C(=O)N[C@H](C[C@@](C)(O)C(=O)O)C1=O.C/C=C(\C)[C@@H]1C=C[C@@H]2C[C@H](C)C[C@H](C)[C@H]2[C@@H]1/C(O)=C1/C(=O)N[C@H](C[C@@](C)(O)C(=O)OC)C1=O.C/C=C(\C)[C@@H]1C=C[C@@H]2C[C@H](C)C[C@H](C)[C@H]2[C@@H]1/C(O)=C1/C(=O)N[C@H](C[C@](C)(O)C(=O)O)C1=O. The summed E-state index contributed by atoms with van der Waals surface area (Å²) in [5, 5.41) is 90.8. The second-order valence-electron chi connectivity index (χ2n) is 30.8. The number of carbonyl (C=O) groups excluding carboxylic acids is 7. The number of carboxylic acids is 2. The van der Waals surface area contributed by atoms with E-state index >= 15 is 0 Å². The Morgan fingerprint density at radius 3 is 0.918 bits per heavy atom. The van der Waals surface area contributed by atoms with Gasteiger partial charge in [0.25, 0.3) is 17.7 Å². The number of amides is 3. The average Bonchev–Trinajstić information content (AvgIpc) is 1.25. The van der Waals surface area contributed by atoms with E-state index in [1.165, 1.54) is 6.92 Å². The number of carbonyl (C=O) groups is 9. The molecule has 3 aliphatic heterocycles. The van der Waals surface area contributed by atoms with E-state index in [1.807, 2.05) is 59.8 Å². The van der Waals surface area contributed by atoms with Gasteiger partial charge < -0.3 is 61.5 Å². The zero-order chi connectivity index (χ0) is 72.6. The fraction of sp³-hybridized carbons (Fsp3) is 0.649. The van der Waals surface area contributed by atoms with Gasteiger partial charge in [-0.05, 0) is 172 Å². The van der Waals surface area contributed by atoms with Crippen LogP contribution in [0.5, 0.6) is 0 Å². The van der Waals surface area contributed by atoms with Gasteiger partial charge in [-0.25, -0.2) is 14.4 Å². The summed E-state index contributed by atoms with van der Waals surface area (Å²) in [6, 6.07) is -3.49. The van der Waals surface area contributed by atoms with E-state index in [0.29, 0.717) is 35.5 Å². The van der Waals surface area contributed by atoms with Crippen molar-refractivity contribution in [2.45, 2.75) is 204 Å². The van der Waals surface area contributed by atoms with Crippen LogP contribution >= 0.6 is 0 Å². The number of carboxylic acid groups (broad SMARTS) is 2. The van der Waals surface area contributed by atoms with Crippen LogP contribution < -0.4 is 16.0 Å². The fourth-order valence-corrected chi connectivity index (χ4v) is 18.2. The van der Waals surface area contributed by atoms with E-state index in [-0.39, 0.29) is 107 Å². The third kappa shape index (κ3) is 16.3. The molecule has 0 spiro atoms. The molecule has 3 saturated carbocycles. The summed E-state index contributed by atoms with van der Waals surface area (Å²) in [4.78, 5) is 112. The molecule has 11 N–H and O–H groups in total. The molecule has 0 radical (unpaired) electrons. The quantitative estimate of drug-likeness (QED) is 0.0239. The van der Waals surface area contributed by atoms with Gasteiger partial charge >= 0.3 is 17.9 Å². The van der Waals surface area contributed by atoms with E-state index in [4.69, 9.17) is 0 Å². The number of rotatable bonds is 15. The highest BCUT2D eigenvalue weighted by Crippen LogP contribution is 2.55. The summed E-state index contributed by atoms with van der Waals surface area (Å²) < 4.78 is 4.60. The molecule has 0 bridgehead atoms. The summed E-state index contributed by atoms with van der Waals surface area (Å²) in [7, 11) is 1.14. The lowest BCUT2D eigenvalue weighted by molar-refractivity contribution is -0.162. The number of esters is 1. The van der Waals surface area contributed by atoms with Gasteiger partial charge in [-0.1, -0.05) is 120 Å². The summed E-state index contributed by atoms with van der Waals surface area (Å²) >= 11 is 0. The number of ether oxygens (including phenoxy) is 1. The molecule has 3 saturated heterocycles. The van der Waals surface area contributed by atoms with Crippen molar-refractivity contribution in [3.8, 4) is 0 Å². The van der Waals surface area contributed by atoms with Crippen LogP contribution in [0.4, 0.5) is 0 Å². The first kappa shape index (κ1) is 79.8. The molecule has 3 heterocycles. The number of ketones is 3. The van der Waals surface area contributed by atoms with Crippen LogP contribution in [0.1, 0.15) is 169 Å². The van der Waals surface area contributed by atoms with Crippen LogP contribution in [0.15, 0.2) is 105 Å². The molecular weight excluding hydrogens is 1250 g/mol. The molecule has 0 aromatic heterocycles. The van der Waals surface area contributed by atoms with Gasteiger partial charge in [0.05, 0.1) is 25.2 Å². The average molecular weight is 1370 g/mol. The van der Waals surface area contributed by atoms with Gasteiger partial charge in [0, 0.05) is 54.8 Å². The van der Waals surface area contributed by atoms with Gasteiger partial charge in [0.2, 0.25) is 0 Å². The Morgan fingerprint density at radius 1 is 0.449 bits per heavy atom. The van der Waals surface area contributed by atoms with E-state index in [9.17, 15) is 84.0 Å². The lowest BCUT2D eigenvalue weighted by atomic mass is 9.57. The van der Waals surface area contributed by atoms with E-state index in [1.54, 1.807) is 0 Å². The van der Waals surface area contributed by atoms with Crippen molar-refractivity contribution < 1.29 is 88.7 Å². The maximum Gasteiger partial charge on any atom is 0.337 e. The number of Topliss-reactive ketones (excluding diaryl/α,β-unsaturated/α-hetero) is 3. The third-order valence-electron chi connectivity index (χ3n) is 23.2. The smallest absolute Gasteiger partial charge is 0.337 e. The first-order chi connectivity index (χ1) is 45.2. The maximum atomic E-state index is 13.2. The summed E-state index contributed by atoms with van der Waals surface area (Å²) in [5.74, 6) is -6.34. The predicted octanol–water partition coefficient (Wildman–Crippen LogP) is 10.2. The number of aliphatic hydroxyl groups excluding tert-OH is 3. The van der Waals surface area contributed by atoms with Gasteiger partial charge in [-0.3, -0.25) is 28.8 Å². The largest absolute Gasteiger partial charge is 0.511 e. The van der Waals surface area contributed by atoms with Crippen LogP contribution in [0.2, 0.25) is 0 Å². The minimum absolute atomic E-state index is 0. The van der Waals surface area contributed by atoms with Crippen LogP contribution in [-0.4, -0.2) is 136 Å². The molecule has 21 heteroatoms. The number of nitrogens with one attached hydrogen (secondary N) is 3. The maximum absolute atomic E-state index is 13.2. The second kappa shape index (κ2) is 31.5. The molecule has 3 amide bonds. The fourth-order valence-electron chi connectivity index (χ4n) is 18.2. The van der Waals surface area contributed by atoms with Crippen molar-refractivity contribution in [3.63, 3.8) is 0 Å². The van der Waals surface area contributed by atoms with Gasteiger partial charge in [-0.2, -0.15) is 0 Å². The second-order valence-corrected chi connectivity index (χ2v) is 30.8. The first-order valence-electron chi connectivity index (χ1n) is 34.7. The van der Waals surface area contributed by atoms with Crippen molar-refractivity contribution in [2.24, 2.45) is 107 Å². The molecule has 24 atom stereocenters. The molecular formula is C77H111N3O18. The van der Waals surface area contributed by atoms with Gasteiger partial charge in [0.15, 0.2) is 34.2 Å². The lowest BCUT2D eigenvalue weighted by Gasteiger charge is -2.47. The van der Waals surface area contributed by atoms with Gasteiger partial charge in [-0.15, -0.1) is 0 Å². The van der Waals surface area contributed by atoms with Gasteiger partial charge in [0.1, 0.15) is 34.0 Å². The molecule has 6 fully saturated rings. The number of aliphatic carboxylic acids is 2. The van der Waals surface area contributed by atoms with Crippen LogP contribution in [0.3, 0.4) is 0 Å². The number of fused-ring (bicyclic) bond motifs is 3. The minimum Gasteiger partial charge on any atom is -0.511 e. The van der Waals surface area contributed by atoms with Crippen LogP contribution in [0, 0.1) is 107 Å². The molecule has 9 aliphatic rings. The molecule has 9 rings (SSSR count). The standard InChI is InChI=1S/C26H37NO6.2C25H35NO6.CH4/c1-7-14(3)17-9-8-16-11-13(2)10-15(4)19(16)20(17)23(29)21-22(28)18(27-24(21)30)12-26(5,32)25(31)33-6;2*1-6-13(3)16-8-7-15-10-12(2)9-14(4)18(15)19(16)22(28)20-21(27)17(26-23(20)29)11-25(5,32)24(30)31;/h7-9,13,15-20,29,32H,10-12H2,1-6H3,(H,27,30);2*6-8,12,14-19,28,32H,9-11H2,1-5H3,(H,26,29)(H,30,31);1H4/b14-7+,23-21-;2*13-6+,22-20-;/t13-,15+,16-,17+,18-,19-,20-,26-;12-,14+,15-,16+,17-,18-,19-,25+;12-,14+,15-,16+,17-,18-,19-,25-;/m111./s1. The lowest BCUT2D eigenvalue weighted by Crippen LogP contribution is -2.44. The number of hydrogen-bond acceptors (Lipinski definition) is 16. The summed E-state index contributed by atoms with van der Waals surface area (Å²) in [6.07, 6.45) is 23.8. The predicted molar refractivity (Wildman–Crippen MR) is 370 cm³/mol. The van der Waals surface area contributed by atoms with Crippen molar-refractivity contribution >= 4 is 53.0 Å². The number of allylic oxidation sites excluding steroid dienone is 15. The molecule has 98 heavy (non-hydrogen) atoms. The Bertz CT molecular complexity index is 3260. The summed E-state index contributed by atoms with van der Waals surface area (Å²) in [5.41, 5.74) is -3.94. The minimum atomic E-state index is -2.17. The first-order valence-corrected chi connectivity index (χ1v) is 34.7. The highest BCUT2D eigenvalue weighted by Gasteiger charge is 2.54. The Labute approximate surface area is 578 Å². The molecule has 21 nitrogen and oxygen atoms in total. The van der Waals surface area contributed by atoms with E-state index in [0.717, 1.165) is 76.2 Å². The number of hydrogen-bond donors (Lipinski definition) is 11. The third-order valence-corrected chi connectivity index (χ3v) is 23.2. The highest BCUT2D eigenvalue weighted by molar-refractivity contribution is 6.28. The van der Waals surface area contributed by atoms with Crippen LogP contribution in [0.25, 0.3) is 0 Å². The monoisotopic (exact) mass is 1370 g/mol. The topological polar surface area (TPSA) is 361 Å². The Balaban J connectivity index is 0.000000231. The van der Waals surface area contributed by atoms with E-state index in [2.05, 4.69) is 98.7 Å². The zero-order valence-corrected chi connectivity index (χ0v) is 59.3. The molecule has 0 aromatic carbocycles. The Kier molecular flexibility index (Phi) is 25.7. The Morgan fingerprint density at radius 2 is 0.694 bits per heavy atom. The van der Waals surface area contributed by atoms with Crippen LogP contribution in [-0.2, 0) is 47.9 Å². The van der Waals surface area contributed by atoms with Crippen molar-refractivity contribution in [3.05, 3.63) is 105 Å². The Hall–Kier alpha value is -7.23. The van der Waals surface area contributed by atoms with Crippen molar-refractivity contribution in [2.75, 3.05) is 7.11 Å². The highest BCUT2D eigenvalue weighted by atomic mass is 16.5. The molecule has 0 aromatic rings. The number of aliphatic hydroxyl groups is 6. The van der Waals surface area contributed by atoms with Crippen molar-refractivity contribution in [1.29, 1.82) is 0 Å². The number of methoxy groups -OCH3 is 1. The van der Waals surface area contributed by atoms with E-state index < -0.39 is 113 Å². The molecule has 542 valence electrons. The normalized spacial score (nSPS) is 38.0. The van der Waals surface area contributed by atoms with Crippen molar-refractivity contribution in [1.82, 2.24) is 16.0 Å². The molecule has 0 unspecified atom stereocenters. The summed E-state index contributed by atoms with van der Waals surface area (Å²) in [6.45, 7) is 28.4.